The largest absolute Gasteiger partial charge is 0.378 e. The van der Waals surface area contributed by atoms with E-state index in [9.17, 15) is 9.59 Å². The predicted molar refractivity (Wildman–Crippen MR) is 95.0 cm³/mol. The first kappa shape index (κ1) is 18.5. The summed E-state index contributed by atoms with van der Waals surface area (Å²) in [4.78, 5) is 27.4. The number of amides is 2. The molecule has 1 heterocycles. The SMILES string of the molecule is CCc1cccc(CC)c1NC(=O)C(C)(C)C(=O)N1CCOCC1. The van der Waals surface area contributed by atoms with Gasteiger partial charge in [0.05, 0.1) is 13.2 Å². The third-order valence-corrected chi connectivity index (χ3v) is 4.64. The van der Waals surface area contributed by atoms with Gasteiger partial charge in [0.25, 0.3) is 0 Å². The van der Waals surface area contributed by atoms with Crippen molar-refractivity contribution in [2.75, 3.05) is 31.6 Å². The molecule has 1 saturated heterocycles. The molecular weight excluding hydrogens is 304 g/mol. The second kappa shape index (κ2) is 7.79. The van der Waals surface area contributed by atoms with E-state index in [1.807, 2.05) is 18.2 Å². The zero-order valence-electron chi connectivity index (χ0n) is 15.1. The number of hydrogen-bond acceptors (Lipinski definition) is 3. The summed E-state index contributed by atoms with van der Waals surface area (Å²) in [6.07, 6.45) is 1.67. The van der Waals surface area contributed by atoms with Crippen molar-refractivity contribution < 1.29 is 14.3 Å². The lowest BCUT2D eigenvalue weighted by atomic mass is 9.89. The first-order chi connectivity index (χ1) is 11.4. The molecule has 0 aromatic heterocycles. The van der Waals surface area contributed by atoms with Gasteiger partial charge in [0.1, 0.15) is 5.41 Å². The van der Waals surface area contributed by atoms with Crippen molar-refractivity contribution in [1.29, 1.82) is 0 Å². The van der Waals surface area contributed by atoms with Crippen molar-refractivity contribution in [2.24, 2.45) is 5.41 Å². The fourth-order valence-corrected chi connectivity index (χ4v) is 2.93. The lowest BCUT2D eigenvalue weighted by Crippen LogP contribution is -2.51. The smallest absolute Gasteiger partial charge is 0.239 e. The number of carbonyl (C=O) groups excluding carboxylic acids is 2. The number of nitrogens with one attached hydrogen (secondary N) is 1. The molecule has 0 bridgehead atoms. The maximum absolute atomic E-state index is 12.9. The predicted octanol–water partition coefficient (Wildman–Crippen LogP) is 2.63. The van der Waals surface area contributed by atoms with Crippen LogP contribution in [0.5, 0.6) is 0 Å². The summed E-state index contributed by atoms with van der Waals surface area (Å²) in [7, 11) is 0. The minimum atomic E-state index is -1.11. The van der Waals surface area contributed by atoms with Crippen molar-refractivity contribution in [3.8, 4) is 0 Å². The number of carbonyl (C=O) groups is 2. The lowest BCUT2D eigenvalue weighted by molar-refractivity contribution is -0.149. The maximum Gasteiger partial charge on any atom is 0.239 e. The van der Waals surface area contributed by atoms with Gasteiger partial charge in [-0.05, 0) is 37.8 Å². The van der Waals surface area contributed by atoms with Gasteiger partial charge in [-0.25, -0.2) is 0 Å². The number of benzene rings is 1. The summed E-state index contributed by atoms with van der Waals surface area (Å²) in [5.74, 6) is -0.398. The van der Waals surface area contributed by atoms with Gasteiger partial charge in [0.15, 0.2) is 0 Å². The van der Waals surface area contributed by atoms with Crippen molar-refractivity contribution >= 4 is 17.5 Å². The van der Waals surface area contributed by atoms with Crippen LogP contribution in [-0.4, -0.2) is 43.0 Å². The molecule has 1 aromatic carbocycles. The van der Waals surface area contributed by atoms with Crippen molar-refractivity contribution in [1.82, 2.24) is 4.90 Å². The molecular formula is C19H28N2O3. The topological polar surface area (TPSA) is 58.6 Å². The highest BCUT2D eigenvalue weighted by Gasteiger charge is 2.40. The second-order valence-electron chi connectivity index (χ2n) is 6.64. The van der Waals surface area contributed by atoms with Crippen LogP contribution in [0, 0.1) is 5.41 Å². The molecule has 2 amide bonds. The Morgan fingerprint density at radius 3 is 2.17 bits per heavy atom. The highest BCUT2D eigenvalue weighted by Crippen LogP contribution is 2.27. The molecule has 1 aliphatic heterocycles. The van der Waals surface area contributed by atoms with E-state index < -0.39 is 5.41 Å². The summed E-state index contributed by atoms with van der Waals surface area (Å²) < 4.78 is 5.28. The van der Waals surface area contributed by atoms with E-state index in [0.29, 0.717) is 26.3 Å². The molecule has 0 radical (unpaired) electrons. The molecule has 5 heteroatoms. The Labute approximate surface area is 144 Å². The summed E-state index contributed by atoms with van der Waals surface area (Å²) in [6, 6.07) is 6.05. The third kappa shape index (κ3) is 3.78. The van der Waals surface area contributed by atoms with E-state index in [0.717, 1.165) is 29.7 Å². The van der Waals surface area contributed by atoms with Crippen LogP contribution >= 0.6 is 0 Å². The second-order valence-corrected chi connectivity index (χ2v) is 6.64. The molecule has 0 unspecified atom stereocenters. The monoisotopic (exact) mass is 332 g/mol. The molecule has 0 atom stereocenters. The Hall–Kier alpha value is -1.88. The summed E-state index contributed by atoms with van der Waals surface area (Å²) in [6.45, 7) is 9.66. The molecule has 1 fully saturated rings. The van der Waals surface area contributed by atoms with Gasteiger partial charge >= 0.3 is 0 Å². The van der Waals surface area contributed by atoms with Gasteiger partial charge in [-0.15, -0.1) is 0 Å². The number of hydrogen-bond donors (Lipinski definition) is 1. The van der Waals surface area contributed by atoms with Gasteiger partial charge in [0, 0.05) is 18.8 Å². The fraction of sp³-hybridized carbons (Fsp3) is 0.579. The number of nitrogens with zero attached hydrogens (tertiary/aromatic N) is 1. The first-order valence-corrected chi connectivity index (χ1v) is 8.71. The standard InChI is InChI=1S/C19H28N2O3/c1-5-14-8-7-9-15(6-2)16(14)20-17(22)19(3,4)18(23)21-10-12-24-13-11-21/h7-9H,5-6,10-13H2,1-4H3,(H,20,22). The first-order valence-electron chi connectivity index (χ1n) is 8.71. The van der Waals surface area contributed by atoms with E-state index >= 15 is 0 Å². The molecule has 5 nitrogen and oxygen atoms in total. The Bertz CT molecular complexity index is 582. The molecule has 132 valence electrons. The lowest BCUT2D eigenvalue weighted by Gasteiger charge is -2.33. The molecule has 2 rings (SSSR count). The molecule has 0 spiro atoms. The summed E-state index contributed by atoms with van der Waals surface area (Å²) in [5, 5.41) is 3.02. The Kier molecular flexibility index (Phi) is 5.99. The van der Waals surface area contributed by atoms with Gasteiger partial charge in [-0.3, -0.25) is 9.59 Å². The Morgan fingerprint density at radius 1 is 1.12 bits per heavy atom. The number of ether oxygens (including phenoxy) is 1. The van der Waals surface area contributed by atoms with E-state index in [2.05, 4.69) is 19.2 Å². The van der Waals surface area contributed by atoms with Gasteiger partial charge in [-0.2, -0.15) is 0 Å². The normalized spacial score (nSPS) is 15.2. The zero-order chi connectivity index (χ0) is 17.7. The van der Waals surface area contributed by atoms with Crippen LogP contribution in [0.3, 0.4) is 0 Å². The van der Waals surface area contributed by atoms with Crippen molar-refractivity contribution in [2.45, 2.75) is 40.5 Å². The molecule has 0 saturated carbocycles. The number of rotatable bonds is 5. The third-order valence-electron chi connectivity index (χ3n) is 4.64. The quantitative estimate of drug-likeness (QED) is 0.843. The molecule has 24 heavy (non-hydrogen) atoms. The molecule has 1 N–H and O–H groups in total. The average molecular weight is 332 g/mol. The van der Waals surface area contributed by atoms with E-state index in [-0.39, 0.29) is 11.8 Å². The Balaban J connectivity index is 2.20. The minimum absolute atomic E-state index is 0.143. The van der Waals surface area contributed by atoms with Crippen LogP contribution in [0.1, 0.15) is 38.8 Å². The van der Waals surface area contributed by atoms with Crippen molar-refractivity contribution in [3.63, 3.8) is 0 Å². The number of aryl methyl sites for hydroxylation is 2. The Morgan fingerprint density at radius 2 is 1.67 bits per heavy atom. The van der Waals surface area contributed by atoms with Crippen LogP contribution in [0.2, 0.25) is 0 Å². The van der Waals surface area contributed by atoms with Crippen LogP contribution in [0.4, 0.5) is 5.69 Å². The molecule has 0 aliphatic carbocycles. The highest BCUT2D eigenvalue weighted by atomic mass is 16.5. The molecule has 1 aliphatic rings. The zero-order valence-corrected chi connectivity index (χ0v) is 15.1. The number of para-hydroxylation sites is 1. The van der Waals surface area contributed by atoms with Gasteiger partial charge < -0.3 is 15.0 Å². The number of morpholine rings is 1. The maximum atomic E-state index is 12.9. The van der Waals surface area contributed by atoms with Crippen LogP contribution in [0.15, 0.2) is 18.2 Å². The van der Waals surface area contributed by atoms with Gasteiger partial charge in [-0.1, -0.05) is 32.0 Å². The van der Waals surface area contributed by atoms with Gasteiger partial charge in [0.2, 0.25) is 11.8 Å². The van der Waals surface area contributed by atoms with E-state index in [1.165, 1.54) is 0 Å². The summed E-state index contributed by atoms with van der Waals surface area (Å²) in [5.41, 5.74) is 1.94. The minimum Gasteiger partial charge on any atom is -0.378 e. The van der Waals surface area contributed by atoms with Crippen molar-refractivity contribution in [3.05, 3.63) is 29.3 Å². The van der Waals surface area contributed by atoms with Crippen LogP contribution < -0.4 is 5.32 Å². The molecule has 1 aromatic rings. The van der Waals surface area contributed by atoms with Crippen LogP contribution in [-0.2, 0) is 27.2 Å². The fourth-order valence-electron chi connectivity index (χ4n) is 2.93. The highest BCUT2D eigenvalue weighted by molar-refractivity contribution is 6.10. The number of anilines is 1. The summed E-state index contributed by atoms with van der Waals surface area (Å²) >= 11 is 0. The van der Waals surface area contributed by atoms with E-state index in [1.54, 1.807) is 18.7 Å². The van der Waals surface area contributed by atoms with Crippen LogP contribution in [0.25, 0.3) is 0 Å². The van der Waals surface area contributed by atoms with E-state index in [4.69, 9.17) is 4.74 Å². The average Bonchev–Trinajstić information content (AvgIpc) is 2.61.